The molecule has 1 aromatic carbocycles. The van der Waals surface area contributed by atoms with Gasteiger partial charge in [0.25, 0.3) is 5.56 Å². The maximum Gasteiger partial charge on any atom is 0.285 e. The Bertz CT molecular complexity index is 792. The van der Waals surface area contributed by atoms with Crippen LogP contribution >= 0.6 is 11.6 Å². The fourth-order valence-electron chi connectivity index (χ4n) is 2.16. The molecule has 2 rings (SSSR count). The van der Waals surface area contributed by atoms with E-state index in [2.05, 4.69) is 27.6 Å². The summed E-state index contributed by atoms with van der Waals surface area (Å²) in [5.41, 5.74) is 3.36. The topological polar surface area (TPSA) is 88.6 Å². The molecule has 0 aliphatic heterocycles. The molecule has 0 amide bonds. The van der Waals surface area contributed by atoms with Gasteiger partial charge in [0, 0.05) is 0 Å². The van der Waals surface area contributed by atoms with Crippen molar-refractivity contribution in [3.63, 3.8) is 0 Å². The third-order valence-electron chi connectivity index (χ3n) is 3.47. The van der Waals surface area contributed by atoms with Crippen LogP contribution in [0.1, 0.15) is 38.7 Å². The second kappa shape index (κ2) is 10.5. The first-order valence-electron chi connectivity index (χ1n) is 8.57. The Balaban J connectivity index is 2.05. The fourth-order valence-corrected chi connectivity index (χ4v) is 2.30. The lowest BCUT2D eigenvalue weighted by Crippen LogP contribution is -2.10. The number of hydrogen-bond donors (Lipinski definition) is 2. The molecule has 26 heavy (non-hydrogen) atoms. The van der Waals surface area contributed by atoms with Crippen LogP contribution in [0.2, 0.25) is 5.02 Å². The molecule has 0 spiro atoms. The third-order valence-corrected chi connectivity index (χ3v) is 3.84. The number of aromatic nitrogens is 2. The first-order valence-corrected chi connectivity index (χ1v) is 8.95. The average Bonchev–Trinajstić information content (AvgIpc) is 2.64. The molecule has 1 heterocycles. The number of anilines is 1. The lowest BCUT2D eigenvalue weighted by Gasteiger charge is -2.12. The molecule has 8 heteroatoms. The Morgan fingerprint density at radius 3 is 2.88 bits per heavy atom. The van der Waals surface area contributed by atoms with Crippen LogP contribution in [0, 0.1) is 0 Å². The van der Waals surface area contributed by atoms with Gasteiger partial charge in [-0.25, -0.2) is 5.10 Å². The van der Waals surface area contributed by atoms with Crippen LogP contribution < -0.4 is 20.5 Å². The molecule has 2 N–H and O–H groups in total. The maximum absolute atomic E-state index is 11.4. The Morgan fingerprint density at radius 1 is 1.27 bits per heavy atom. The molecule has 1 aromatic heterocycles. The molecule has 0 unspecified atom stereocenters. The lowest BCUT2D eigenvalue weighted by molar-refractivity contribution is 0.271. The summed E-state index contributed by atoms with van der Waals surface area (Å²) in [5.74, 6) is 1.39. The van der Waals surface area contributed by atoms with Crippen molar-refractivity contribution in [2.24, 2.45) is 5.10 Å². The van der Waals surface area contributed by atoms with Crippen LogP contribution in [0.15, 0.2) is 34.3 Å². The highest BCUT2D eigenvalue weighted by atomic mass is 35.5. The van der Waals surface area contributed by atoms with Gasteiger partial charge in [-0.15, -0.1) is 0 Å². The molecule has 0 atom stereocenters. The number of benzene rings is 1. The third kappa shape index (κ3) is 5.77. The van der Waals surface area contributed by atoms with Crippen LogP contribution in [-0.4, -0.2) is 29.6 Å². The molecule has 0 radical (unpaired) electrons. The zero-order valence-electron chi connectivity index (χ0n) is 14.9. The van der Waals surface area contributed by atoms with E-state index in [-0.39, 0.29) is 5.02 Å². The minimum absolute atomic E-state index is 0.00276. The van der Waals surface area contributed by atoms with Crippen molar-refractivity contribution < 1.29 is 9.47 Å². The van der Waals surface area contributed by atoms with E-state index in [1.807, 2.05) is 25.1 Å². The highest BCUT2D eigenvalue weighted by Gasteiger charge is 2.06. The monoisotopic (exact) mass is 378 g/mol. The van der Waals surface area contributed by atoms with Gasteiger partial charge in [-0.1, -0.05) is 31.4 Å². The second-order valence-corrected chi connectivity index (χ2v) is 5.87. The maximum atomic E-state index is 11.4. The smallest absolute Gasteiger partial charge is 0.285 e. The number of nitrogens with zero attached hydrogens (tertiary/aromatic N) is 2. The number of hydrogen-bond acceptors (Lipinski definition) is 6. The molecule has 0 saturated carbocycles. The molecule has 0 aliphatic rings. The first kappa shape index (κ1) is 19.8. The van der Waals surface area contributed by atoms with Crippen molar-refractivity contribution in [3.05, 3.63) is 45.3 Å². The van der Waals surface area contributed by atoms with Gasteiger partial charge in [0.05, 0.1) is 25.6 Å². The molecule has 0 aliphatic carbocycles. The first-order chi connectivity index (χ1) is 12.7. The largest absolute Gasteiger partial charge is 0.490 e. The van der Waals surface area contributed by atoms with Gasteiger partial charge in [-0.2, -0.15) is 10.2 Å². The predicted molar refractivity (Wildman–Crippen MR) is 104 cm³/mol. The van der Waals surface area contributed by atoms with Gasteiger partial charge in [0.1, 0.15) is 10.7 Å². The van der Waals surface area contributed by atoms with E-state index in [9.17, 15) is 4.79 Å². The summed E-state index contributed by atoms with van der Waals surface area (Å²) in [6, 6.07) is 5.59. The van der Waals surface area contributed by atoms with Gasteiger partial charge < -0.3 is 9.47 Å². The normalized spacial score (nSPS) is 10.9. The number of aromatic amines is 1. The summed E-state index contributed by atoms with van der Waals surface area (Å²) >= 11 is 5.88. The minimum Gasteiger partial charge on any atom is -0.490 e. The fraction of sp³-hybridized carbons (Fsp3) is 0.389. The zero-order valence-corrected chi connectivity index (χ0v) is 15.7. The Morgan fingerprint density at radius 2 is 2.12 bits per heavy atom. The van der Waals surface area contributed by atoms with Gasteiger partial charge in [0.15, 0.2) is 11.5 Å². The Labute approximate surface area is 157 Å². The van der Waals surface area contributed by atoms with Gasteiger partial charge in [0.2, 0.25) is 0 Å². The van der Waals surface area contributed by atoms with E-state index in [1.165, 1.54) is 6.20 Å². The van der Waals surface area contributed by atoms with Crippen molar-refractivity contribution in [1.29, 1.82) is 0 Å². The van der Waals surface area contributed by atoms with E-state index in [0.29, 0.717) is 24.7 Å². The van der Waals surface area contributed by atoms with Crippen LogP contribution in [-0.2, 0) is 0 Å². The molecule has 0 fully saturated rings. The number of nitrogens with one attached hydrogen (secondary N) is 2. The quantitative estimate of drug-likeness (QED) is 0.372. The summed E-state index contributed by atoms with van der Waals surface area (Å²) in [6.07, 6.45) is 6.29. The number of halogens is 1. The number of hydrazone groups is 1. The van der Waals surface area contributed by atoms with Crippen molar-refractivity contribution in [2.45, 2.75) is 33.1 Å². The highest BCUT2D eigenvalue weighted by molar-refractivity contribution is 6.32. The highest BCUT2D eigenvalue weighted by Crippen LogP contribution is 2.28. The van der Waals surface area contributed by atoms with Crippen LogP contribution in [0.25, 0.3) is 0 Å². The number of ether oxygens (including phenoxy) is 2. The van der Waals surface area contributed by atoms with Crippen molar-refractivity contribution in [2.75, 3.05) is 18.6 Å². The van der Waals surface area contributed by atoms with Gasteiger partial charge >= 0.3 is 0 Å². The van der Waals surface area contributed by atoms with Gasteiger partial charge in [-0.3, -0.25) is 10.2 Å². The molecule has 140 valence electrons. The zero-order chi connectivity index (χ0) is 18.8. The van der Waals surface area contributed by atoms with E-state index in [4.69, 9.17) is 21.1 Å². The van der Waals surface area contributed by atoms with Crippen molar-refractivity contribution in [1.82, 2.24) is 10.2 Å². The van der Waals surface area contributed by atoms with E-state index in [1.54, 1.807) is 6.21 Å². The number of rotatable bonds is 10. The van der Waals surface area contributed by atoms with Gasteiger partial charge in [-0.05, 0) is 37.1 Å². The molecule has 0 bridgehead atoms. The predicted octanol–water partition coefficient (Wildman–Crippen LogP) is 3.84. The summed E-state index contributed by atoms with van der Waals surface area (Å²) < 4.78 is 11.5. The van der Waals surface area contributed by atoms with Crippen molar-refractivity contribution in [3.8, 4) is 11.5 Å². The Hall–Kier alpha value is -2.54. The molecular formula is C18H23ClN4O3. The number of H-pyrrole nitrogens is 1. The summed E-state index contributed by atoms with van der Waals surface area (Å²) in [7, 11) is 0. The van der Waals surface area contributed by atoms with Crippen LogP contribution in [0.4, 0.5) is 5.69 Å². The van der Waals surface area contributed by atoms with E-state index >= 15 is 0 Å². The summed E-state index contributed by atoms with van der Waals surface area (Å²) in [6.45, 7) is 5.28. The summed E-state index contributed by atoms with van der Waals surface area (Å²) in [5, 5.41) is 9.99. The van der Waals surface area contributed by atoms with Crippen molar-refractivity contribution >= 4 is 23.5 Å². The Kier molecular flexibility index (Phi) is 7.95. The van der Waals surface area contributed by atoms with E-state index in [0.717, 1.165) is 30.6 Å². The minimum atomic E-state index is -0.477. The molecular weight excluding hydrogens is 356 g/mol. The SMILES string of the molecule is CCCCCOc1ccc(/C=N/Nc2cn[nH]c(=O)c2Cl)cc1OCC. The van der Waals surface area contributed by atoms with Crippen LogP contribution in [0.5, 0.6) is 11.5 Å². The second-order valence-electron chi connectivity index (χ2n) is 5.49. The van der Waals surface area contributed by atoms with E-state index < -0.39 is 5.56 Å². The summed E-state index contributed by atoms with van der Waals surface area (Å²) in [4.78, 5) is 11.4. The standard InChI is InChI=1S/C18H23ClN4O3/c1-3-5-6-9-26-15-8-7-13(10-16(15)25-4-2)11-20-22-14-12-21-23-18(24)17(14)19/h7-8,10-12H,3-6,9H2,1-2H3,(H2,22,23,24)/b20-11+. The lowest BCUT2D eigenvalue weighted by atomic mass is 10.2. The molecule has 2 aromatic rings. The average molecular weight is 379 g/mol. The molecule has 7 nitrogen and oxygen atoms in total. The molecule has 0 saturated heterocycles. The number of unbranched alkanes of at least 4 members (excludes halogenated alkanes) is 2. The van der Waals surface area contributed by atoms with Crippen LogP contribution in [0.3, 0.4) is 0 Å².